The number of fused-ring (bicyclic) bond motifs is 1. The topological polar surface area (TPSA) is 98.9 Å². The molecule has 0 radical (unpaired) electrons. The minimum atomic E-state index is -0.755. The lowest BCUT2D eigenvalue weighted by atomic mass is 9.83. The maximum Gasteiger partial charge on any atom is 0.308 e. The summed E-state index contributed by atoms with van der Waals surface area (Å²) in [6, 6.07) is 0. The van der Waals surface area contributed by atoms with Crippen LogP contribution in [0.5, 0.6) is 5.75 Å². The second kappa shape index (κ2) is 6.23. The van der Waals surface area contributed by atoms with E-state index in [-0.39, 0.29) is 22.9 Å². The van der Waals surface area contributed by atoms with Gasteiger partial charge >= 0.3 is 5.97 Å². The van der Waals surface area contributed by atoms with Crippen LogP contribution in [-0.4, -0.2) is 33.8 Å². The van der Waals surface area contributed by atoms with E-state index >= 15 is 0 Å². The fraction of sp³-hybridized carbons (Fsp3) is 0.632. The van der Waals surface area contributed by atoms with Gasteiger partial charge in [0.15, 0.2) is 0 Å². The van der Waals surface area contributed by atoms with Crippen molar-refractivity contribution in [3.05, 3.63) is 32.4 Å². The first-order valence-corrected chi connectivity index (χ1v) is 8.88. The maximum atomic E-state index is 11.7. The standard InChI is InChI=1S/C19H25NO6/c1-9-13-8-19(4,5)26-18(13)16(11(3)17(9)20(23)24)10(2)14-6-12(21)7-15(22)25-14/h10,12,14,21H,6-8H2,1-5H3/t10?,12-,14+/m1/s1. The molecule has 142 valence electrons. The Labute approximate surface area is 152 Å². The number of ether oxygens (including phenoxy) is 2. The molecular weight excluding hydrogens is 338 g/mol. The smallest absolute Gasteiger partial charge is 0.308 e. The van der Waals surface area contributed by atoms with Gasteiger partial charge in [-0.05, 0) is 27.7 Å². The zero-order chi connectivity index (χ0) is 19.4. The first-order valence-electron chi connectivity index (χ1n) is 8.88. The summed E-state index contributed by atoms with van der Waals surface area (Å²) >= 11 is 0. The SMILES string of the molecule is Cc1c2c(c(C(C)[C@@H]3C[C@@H](O)CC(=O)O3)c(C)c1[N+](=O)[O-])OC(C)(C)C2. The van der Waals surface area contributed by atoms with Crippen LogP contribution < -0.4 is 4.74 Å². The second-order valence-electron chi connectivity index (χ2n) is 8.03. The molecule has 0 bridgehead atoms. The summed E-state index contributed by atoms with van der Waals surface area (Å²) in [5, 5.41) is 21.6. The highest BCUT2D eigenvalue weighted by Gasteiger charge is 2.42. The molecule has 7 heteroatoms. The Kier molecular flexibility index (Phi) is 4.46. The van der Waals surface area contributed by atoms with E-state index in [0.29, 0.717) is 35.3 Å². The lowest BCUT2D eigenvalue weighted by Gasteiger charge is -2.32. The molecule has 1 aromatic carbocycles. The molecule has 0 amide bonds. The molecule has 1 fully saturated rings. The Morgan fingerprint density at radius 1 is 1.31 bits per heavy atom. The highest BCUT2D eigenvalue weighted by atomic mass is 16.6. The van der Waals surface area contributed by atoms with Gasteiger partial charge in [-0.1, -0.05) is 6.92 Å². The monoisotopic (exact) mass is 363 g/mol. The van der Waals surface area contributed by atoms with Crippen molar-refractivity contribution in [1.29, 1.82) is 0 Å². The minimum Gasteiger partial charge on any atom is -0.487 e. The number of carbonyl (C=O) groups excluding carboxylic acids is 1. The lowest BCUT2D eigenvalue weighted by molar-refractivity contribution is -0.386. The largest absolute Gasteiger partial charge is 0.487 e. The van der Waals surface area contributed by atoms with Gasteiger partial charge in [0.1, 0.15) is 17.5 Å². The summed E-state index contributed by atoms with van der Waals surface area (Å²) in [5.41, 5.74) is 2.35. The number of aliphatic hydroxyl groups is 1. The van der Waals surface area contributed by atoms with E-state index in [9.17, 15) is 20.0 Å². The normalized spacial score (nSPS) is 25.2. The number of aliphatic hydroxyl groups excluding tert-OH is 1. The Morgan fingerprint density at radius 2 is 1.96 bits per heavy atom. The van der Waals surface area contributed by atoms with Gasteiger partial charge in [-0.25, -0.2) is 0 Å². The number of nitro benzene ring substituents is 1. The zero-order valence-electron chi connectivity index (χ0n) is 15.8. The third-order valence-corrected chi connectivity index (χ3v) is 5.45. The molecule has 7 nitrogen and oxygen atoms in total. The Morgan fingerprint density at radius 3 is 2.54 bits per heavy atom. The summed E-state index contributed by atoms with van der Waals surface area (Å²) in [4.78, 5) is 23.1. The van der Waals surface area contributed by atoms with Crippen LogP contribution in [0.25, 0.3) is 0 Å². The van der Waals surface area contributed by atoms with Crippen molar-refractivity contribution in [2.24, 2.45) is 0 Å². The predicted molar refractivity (Wildman–Crippen MR) is 94.5 cm³/mol. The molecule has 0 aliphatic carbocycles. The van der Waals surface area contributed by atoms with Crippen molar-refractivity contribution in [2.45, 2.75) is 77.6 Å². The molecular formula is C19H25NO6. The molecule has 1 saturated heterocycles. The van der Waals surface area contributed by atoms with E-state index in [1.807, 2.05) is 20.8 Å². The molecule has 3 atom stereocenters. The first-order chi connectivity index (χ1) is 12.0. The summed E-state index contributed by atoms with van der Waals surface area (Å²) in [5.74, 6) is -0.104. The van der Waals surface area contributed by atoms with Gasteiger partial charge in [-0.3, -0.25) is 14.9 Å². The number of nitrogens with zero attached hydrogens (tertiary/aromatic N) is 1. The van der Waals surface area contributed by atoms with E-state index in [1.165, 1.54) is 0 Å². The summed E-state index contributed by atoms with van der Waals surface area (Å²) in [6.07, 6.45) is -0.412. The van der Waals surface area contributed by atoms with Gasteiger partial charge in [0.2, 0.25) is 0 Å². The number of hydrogen-bond donors (Lipinski definition) is 1. The fourth-order valence-electron chi connectivity index (χ4n) is 4.25. The molecule has 2 aliphatic rings. The number of hydrogen-bond acceptors (Lipinski definition) is 6. The zero-order valence-corrected chi connectivity index (χ0v) is 15.8. The van der Waals surface area contributed by atoms with E-state index in [1.54, 1.807) is 13.8 Å². The first kappa shape index (κ1) is 18.6. The molecule has 2 aliphatic heterocycles. The van der Waals surface area contributed by atoms with Gasteiger partial charge < -0.3 is 14.6 Å². The molecule has 3 rings (SSSR count). The van der Waals surface area contributed by atoms with Crippen molar-refractivity contribution >= 4 is 11.7 Å². The summed E-state index contributed by atoms with van der Waals surface area (Å²) in [6.45, 7) is 9.24. The molecule has 1 unspecified atom stereocenters. The average molecular weight is 363 g/mol. The highest BCUT2D eigenvalue weighted by molar-refractivity contribution is 5.71. The van der Waals surface area contributed by atoms with Crippen LogP contribution in [0.1, 0.15) is 61.8 Å². The maximum absolute atomic E-state index is 11.7. The molecule has 0 spiro atoms. The number of benzene rings is 1. The quantitative estimate of drug-likeness (QED) is 0.503. The predicted octanol–water partition coefficient (Wildman–Crippen LogP) is 3.10. The third-order valence-electron chi connectivity index (χ3n) is 5.45. The molecule has 0 saturated carbocycles. The fourth-order valence-corrected chi connectivity index (χ4v) is 4.25. The van der Waals surface area contributed by atoms with Crippen LogP contribution in [0.3, 0.4) is 0 Å². The molecule has 26 heavy (non-hydrogen) atoms. The lowest BCUT2D eigenvalue weighted by Crippen LogP contribution is -2.36. The van der Waals surface area contributed by atoms with E-state index in [0.717, 1.165) is 5.56 Å². The van der Waals surface area contributed by atoms with Gasteiger partial charge in [0.05, 0.1) is 17.4 Å². The Bertz CT molecular complexity index is 785. The van der Waals surface area contributed by atoms with Gasteiger partial charge in [-0.2, -0.15) is 0 Å². The van der Waals surface area contributed by atoms with Gasteiger partial charge in [0.25, 0.3) is 5.69 Å². The Balaban J connectivity index is 2.15. The average Bonchev–Trinajstić information content (AvgIpc) is 2.81. The van der Waals surface area contributed by atoms with E-state index in [2.05, 4.69) is 0 Å². The van der Waals surface area contributed by atoms with Crippen molar-refractivity contribution < 1.29 is 24.3 Å². The number of nitro groups is 1. The van der Waals surface area contributed by atoms with E-state index in [4.69, 9.17) is 9.47 Å². The number of carbonyl (C=O) groups is 1. The van der Waals surface area contributed by atoms with Crippen molar-refractivity contribution in [3.8, 4) is 5.75 Å². The van der Waals surface area contributed by atoms with Gasteiger partial charge in [-0.15, -0.1) is 0 Å². The molecule has 2 heterocycles. The second-order valence-corrected chi connectivity index (χ2v) is 8.03. The van der Waals surface area contributed by atoms with Crippen LogP contribution in [0.2, 0.25) is 0 Å². The van der Waals surface area contributed by atoms with E-state index < -0.39 is 23.8 Å². The van der Waals surface area contributed by atoms with Crippen molar-refractivity contribution in [3.63, 3.8) is 0 Å². The van der Waals surface area contributed by atoms with Crippen LogP contribution in [0, 0.1) is 24.0 Å². The van der Waals surface area contributed by atoms with Gasteiger partial charge in [0, 0.05) is 41.0 Å². The summed E-state index contributed by atoms with van der Waals surface area (Å²) < 4.78 is 11.6. The number of rotatable bonds is 3. The molecule has 1 aromatic rings. The highest BCUT2D eigenvalue weighted by Crippen LogP contribution is 2.49. The number of esters is 1. The Hall–Kier alpha value is -2.15. The third kappa shape index (κ3) is 3.05. The van der Waals surface area contributed by atoms with Crippen molar-refractivity contribution in [1.82, 2.24) is 0 Å². The van der Waals surface area contributed by atoms with Crippen LogP contribution in [-0.2, 0) is 16.0 Å². The van der Waals surface area contributed by atoms with Crippen molar-refractivity contribution in [2.75, 3.05) is 0 Å². The molecule has 0 aromatic heterocycles. The summed E-state index contributed by atoms with van der Waals surface area (Å²) in [7, 11) is 0. The number of cyclic esters (lactones) is 1. The van der Waals surface area contributed by atoms with Crippen LogP contribution >= 0.6 is 0 Å². The van der Waals surface area contributed by atoms with Crippen LogP contribution in [0.15, 0.2) is 0 Å². The minimum absolute atomic E-state index is 0.0160. The molecule has 1 N–H and O–H groups in total. The van der Waals surface area contributed by atoms with Crippen LogP contribution in [0.4, 0.5) is 5.69 Å².